The summed E-state index contributed by atoms with van der Waals surface area (Å²) in [5, 5.41) is 0. The molecule has 0 amide bonds. The summed E-state index contributed by atoms with van der Waals surface area (Å²) in [7, 11) is 0. The van der Waals surface area contributed by atoms with Crippen molar-refractivity contribution in [1.29, 1.82) is 0 Å². The molecule has 0 fully saturated rings. The quantitative estimate of drug-likeness (QED) is 0.223. The molecule has 0 nitrogen and oxygen atoms in total. The SMILES string of the molecule is CC1=C(/C=C/C(C)=C/C=C/C(C)=C/C=C/C=C(C)/C=C/C=C(C)/C=C/C2=C(C)CCC[C@]2(C)CF)C(C)(C)CCC1. The second-order valence-corrected chi connectivity index (χ2v) is 13.1. The minimum atomic E-state index is -0.334. The van der Waals surface area contributed by atoms with Gasteiger partial charge in [-0.05, 0) is 96.6 Å². The summed E-state index contributed by atoms with van der Waals surface area (Å²) in [5.74, 6) is 0. The zero-order valence-electron chi connectivity index (χ0n) is 27.4. The fraction of sp³-hybridized carbons (Fsp3) is 0.450. The van der Waals surface area contributed by atoms with E-state index in [9.17, 15) is 4.39 Å². The normalized spacial score (nSPS) is 24.0. The van der Waals surface area contributed by atoms with Crippen LogP contribution in [0.3, 0.4) is 0 Å². The summed E-state index contributed by atoms with van der Waals surface area (Å²) in [6.45, 7) is 19.4. The lowest BCUT2D eigenvalue weighted by Crippen LogP contribution is -2.25. The van der Waals surface area contributed by atoms with E-state index < -0.39 is 0 Å². The molecule has 2 aliphatic rings. The van der Waals surface area contributed by atoms with Crippen LogP contribution in [0.25, 0.3) is 0 Å². The van der Waals surface area contributed by atoms with Crippen molar-refractivity contribution in [3.05, 3.63) is 130 Å². The molecule has 0 saturated heterocycles. The van der Waals surface area contributed by atoms with Gasteiger partial charge in [0.05, 0.1) is 6.67 Å². The highest BCUT2D eigenvalue weighted by Crippen LogP contribution is 2.42. The third-order valence-electron chi connectivity index (χ3n) is 8.52. The van der Waals surface area contributed by atoms with Gasteiger partial charge < -0.3 is 0 Å². The van der Waals surface area contributed by atoms with E-state index in [1.54, 1.807) is 0 Å². The van der Waals surface area contributed by atoms with Crippen LogP contribution < -0.4 is 0 Å². The maximum atomic E-state index is 13.7. The predicted octanol–water partition coefficient (Wildman–Crippen LogP) is 12.6. The third kappa shape index (κ3) is 11.5. The van der Waals surface area contributed by atoms with Crippen LogP contribution in [0.5, 0.6) is 0 Å². The highest BCUT2D eigenvalue weighted by Gasteiger charge is 2.31. The van der Waals surface area contributed by atoms with E-state index in [1.807, 2.05) is 0 Å². The van der Waals surface area contributed by atoms with E-state index in [2.05, 4.69) is 147 Å². The average molecular weight is 555 g/mol. The van der Waals surface area contributed by atoms with Crippen molar-refractivity contribution < 1.29 is 4.39 Å². The van der Waals surface area contributed by atoms with Gasteiger partial charge in [0, 0.05) is 5.41 Å². The molecule has 2 rings (SSSR count). The van der Waals surface area contributed by atoms with Crippen LogP contribution in [0.15, 0.2) is 130 Å². The van der Waals surface area contributed by atoms with Gasteiger partial charge in [-0.25, -0.2) is 0 Å². The summed E-state index contributed by atoms with van der Waals surface area (Å²) < 4.78 is 13.7. The van der Waals surface area contributed by atoms with Gasteiger partial charge >= 0.3 is 0 Å². The first-order valence-corrected chi connectivity index (χ1v) is 15.4. The fourth-order valence-corrected chi connectivity index (χ4v) is 5.79. The van der Waals surface area contributed by atoms with Crippen molar-refractivity contribution >= 4 is 0 Å². The molecule has 0 aromatic heterocycles. The molecule has 0 radical (unpaired) electrons. The summed E-state index contributed by atoms with van der Waals surface area (Å²) in [6, 6.07) is 0. The molecular weight excluding hydrogens is 499 g/mol. The molecule has 0 unspecified atom stereocenters. The van der Waals surface area contributed by atoms with Crippen LogP contribution in [0, 0.1) is 10.8 Å². The molecular formula is C40H55F. The molecule has 0 spiro atoms. The first kappa shape index (κ1) is 34.3. The Labute approximate surface area is 252 Å². The molecule has 0 bridgehead atoms. The van der Waals surface area contributed by atoms with Crippen molar-refractivity contribution in [3.8, 4) is 0 Å². The molecule has 1 heteroatoms. The Morgan fingerprint density at radius 3 is 1.51 bits per heavy atom. The maximum absolute atomic E-state index is 13.7. The lowest BCUT2D eigenvalue weighted by Gasteiger charge is -2.34. The Kier molecular flexibility index (Phi) is 13.8. The van der Waals surface area contributed by atoms with Gasteiger partial charge in [-0.3, -0.25) is 4.39 Å². The van der Waals surface area contributed by atoms with E-state index in [1.165, 1.54) is 58.3 Å². The van der Waals surface area contributed by atoms with Crippen molar-refractivity contribution in [2.45, 2.75) is 101 Å². The van der Waals surface area contributed by atoms with E-state index in [0.717, 1.165) is 24.8 Å². The van der Waals surface area contributed by atoms with Crippen LogP contribution in [-0.4, -0.2) is 6.67 Å². The lowest BCUT2D eigenvalue weighted by atomic mass is 9.72. The van der Waals surface area contributed by atoms with E-state index >= 15 is 0 Å². The molecule has 41 heavy (non-hydrogen) atoms. The number of hydrogen-bond acceptors (Lipinski definition) is 0. The second kappa shape index (κ2) is 16.5. The lowest BCUT2D eigenvalue weighted by molar-refractivity contribution is 0.248. The van der Waals surface area contributed by atoms with Crippen molar-refractivity contribution in [2.75, 3.05) is 6.67 Å². The molecule has 0 aromatic rings. The number of hydrogen-bond donors (Lipinski definition) is 0. The topological polar surface area (TPSA) is 0 Å². The second-order valence-electron chi connectivity index (χ2n) is 13.1. The molecule has 2 aliphatic carbocycles. The molecule has 1 atom stereocenters. The highest BCUT2D eigenvalue weighted by molar-refractivity contribution is 5.39. The van der Waals surface area contributed by atoms with E-state index in [0.29, 0.717) is 0 Å². The van der Waals surface area contributed by atoms with Crippen molar-refractivity contribution in [2.24, 2.45) is 10.8 Å². The first-order chi connectivity index (χ1) is 19.4. The number of allylic oxidation sites excluding steroid dienone is 22. The van der Waals surface area contributed by atoms with Gasteiger partial charge in [0.2, 0.25) is 0 Å². The van der Waals surface area contributed by atoms with Gasteiger partial charge in [0.25, 0.3) is 0 Å². The maximum Gasteiger partial charge on any atom is 0.0988 e. The summed E-state index contributed by atoms with van der Waals surface area (Å²) in [5.41, 5.74) is 10.3. The Morgan fingerprint density at radius 2 is 1.02 bits per heavy atom. The molecule has 0 saturated carbocycles. The van der Waals surface area contributed by atoms with E-state index in [4.69, 9.17) is 0 Å². The molecule has 0 aromatic carbocycles. The largest absolute Gasteiger partial charge is 0.250 e. The Balaban J connectivity index is 1.90. The van der Waals surface area contributed by atoms with E-state index in [-0.39, 0.29) is 17.5 Å². The first-order valence-electron chi connectivity index (χ1n) is 15.4. The minimum Gasteiger partial charge on any atom is -0.250 e. The van der Waals surface area contributed by atoms with Gasteiger partial charge in [0.1, 0.15) is 0 Å². The van der Waals surface area contributed by atoms with Gasteiger partial charge in [0.15, 0.2) is 0 Å². The summed E-state index contributed by atoms with van der Waals surface area (Å²) >= 11 is 0. The van der Waals surface area contributed by atoms with Gasteiger partial charge in [-0.2, -0.15) is 0 Å². The molecule has 222 valence electrons. The number of halogens is 1. The highest BCUT2D eigenvalue weighted by atomic mass is 19.1. The van der Waals surface area contributed by atoms with Crippen LogP contribution in [0.1, 0.15) is 101 Å². The Hall–Kier alpha value is -2.93. The van der Waals surface area contributed by atoms with Crippen LogP contribution in [0.4, 0.5) is 4.39 Å². The number of rotatable bonds is 11. The zero-order valence-corrected chi connectivity index (χ0v) is 27.4. The predicted molar refractivity (Wildman–Crippen MR) is 182 cm³/mol. The van der Waals surface area contributed by atoms with Crippen molar-refractivity contribution in [3.63, 3.8) is 0 Å². The standard InChI is InChI=1S/C40H55F/c1-31(18-12-20-33(3)24-26-37-35(5)22-14-28-39(37,7)8)16-10-11-17-32(2)19-13-21-34(4)25-27-38-36(6)23-15-29-40(38,9)30-41/h10-13,16-21,24-27H,14-15,22-23,28-30H2,1-9H3/b11-10+,18-12+,19-13+,26-24+,27-25+,31-16+,32-17+,33-20+,34-21+/t40-/m1/s1. The zero-order chi connectivity index (χ0) is 30.5. The third-order valence-corrected chi connectivity index (χ3v) is 8.52. The minimum absolute atomic E-state index is 0.280. The average Bonchev–Trinajstić information content (AvgIpc) is 2.90. The van der Waals surface area contributed by atoms with Gasteiger partial charge in [-0.15, -0.1) is 0 Å². The smallest absolute Gasteiger partial charge is 0.0988 e. The number of alkyl halides is 1. The monoisotopic (exact) mass is 554 g/mol. The van der Waals surface area contributed by atoms with Crippen LogP contribution in [0.2, 0.25) is 0 Å². The summed E-state index contributed by atoms with van der Waals surface area (Å²) in [4.78, 5) is 0. The Morgan fingerprint density at radius 1 is 0.610 bits per heavy atom. The molecule has 0 aliphatic heterocycles. The van der Waals surface area contributed by atoms with Crippen molar-refractivity contribution in [1.82, 2.24) is 0 Å². The summed E-state index contributed by atoms with van der Waals surface area (Å²) in [6.07, 6.45) is 36.9. The van der Waals surface area contributed by atoms with Crippen LogP contribution >= 0.6 is 0 Å². The fourth-order valence-electron chi connectivity index (χ4n) is 5.79. The van der Waals surface area contributed by atoms with Crippen LogP contribution in [-0.2, 0) is 0 Å². The van der Waals surface area contributed by atoms with Gasteiger partial charge in [-0.1, -0.05) is 139 Å². The Bertz CT molecular complexity index is 1240. The molecule has 0 heterocycles. The molecule has 0 N–H and O–H groups in total.